The van der Waals surface area contributed by atoms with Crippen LogP contribution in [0.5, 0.6) is 5.75 Å². The second-order valence-corrected chi connectivity index (χ2v) is 5.01. The molecular weight excluding hydrogens is 335 g/mol. The Morgan fingerprint density at radius 3 is 2.00 bits per heavy atom. The van der Waals surface area contributed by atoms with E-state index in [0.717, 1.165) is 12.1 Å². The molecule has 0 amide bonds. The maximum absolute atomic E-state index is 12.2. The molecule has 7 heteroatoms. The number of halogens is 6. The summed E-state index contributed by atoms with van der Waals surface area (Å²) in [4.78, 5) is 0. The van der Waals surface area contributed by atoms with Gasteiger partial charge in [-0.05, 0) is 30.3 Å². The molecule has 2 aromatic rings. The van der Waals surface area contributed by atoms with Crippen LogP contribution in [-0.4, -0.2) is 6.36 Å². The number of benzene rings is 2. The fourth-order valence-electron chi connectivity index (χ4n) is 1.65. The molecule has 0 aliphatic rings. The van der Waals surface area contributed by atoms with E-state index < -0.39 is 12.1 Å². The average molecular weight is 342 g/mol. The highest BCUT2D eigenvalue weighted by Crippen LogP contribution is 2.40. The molecule has 2 rings (SSSR count). The Morgan fingerprint density at radius 1 is 0.850 bits per heavy atom. The molecule has 0 atom stereocenters. The maximum Gasteiger partial charge on any atom is 0.573 e. The van der Waals surface area contributed by atoms with E-state index in [0.29, 0.717) is 5.56 Å². The molecule has 0 saturated heterocycles. The quantitative estimate of drug-likeness (QED) is 0.631. The van der Waals surface area contributed by atoms with Crippen molar-refractivity contribution in [2.45, 2.75) is 6.36 Å². The summed E-state index contributed by atoms with van der Waals surface area (Å²) < 4.78 is 40.5. The van der Waals surface area contributed by atoms with Gasteiger partial charge in [-0.3, -0.25) is 0 Å². The molecule has 0 radical (unpaired) electrons. The zero-order valence-corrected chi connectivity index (χ0v) is 11.9. The molecule has 1 nitrogen and oxygen atoms in total. The molecule has 106 valence electrons. The first-order valence-corrected chi connectivity index (χ1v) is 6.41. The van der Waals surface area contributed by atoms with Crippen LogP contribution in [0, 0.1) is 0 Å². The number of ether oxygens (including phenoxy) is 1. The zero-order chi connectivity index (χ0) is 14.9. The Morgan fingerprint density at radius 2 is 1.45 bits per heavy atom. The van der Waals surface area contributed by atoms with Crippen LogP contribution in [0.2, 0.25) is 15.1 Å². The smallest absolute Gasteiger partial charge is 0.406 e. The Kier molecular flexibility index (Phi) is 4.37. The summed E-state index contributed by atoms with van der Waals surface area (Å²) in [7, 11) is 0. The minimum Gasteiger partial charge on any atom is -0.406 e. The molecule has 0 fully saturated rings. The van der Waals surface area contributed by atoms with Crippen LogP contribution in [0.3, 0.4) is 0 Å². The van der Waals surface area contributed by atoms with Crippen molar-refractivity contribution in [1.82, 2.24) is 0 Å². The van der Waals surface area contributed by atoms with Crippen molar-refractivity contribution in [2.75, 3.05) is 0 Å². The van der Waals surface area contributed by atoms with Crippen molar-refractivity contribution in [2.24, 2.45) is 0 Å². The van der Waals surface area contributed by atoms with Crippen molar-refractivity contribution in [1.29, 1.82) is 0 Å². The lowest BCUT2D eigenvalue weighted by Gasteiger charge is -2.13. The van der Waals surface area contributed by atoms with Gasteiger partial charge in [-0.1, -0.05) is 40.9 Å². The SMILES string of the molecule is FC(F)(F)Oc1ccc(Cl)c(-c2c(Cl)cccc2Cl)c1. The van der Waals surface area contributed by atoms with E-state index in [1.165, 1.54) is 6.07 Å². The van der Waals surface area contributed by atoms with Crippen LogP contribution < -0.4 is 4.74 Å². The molecule has 20 heavy (non-hydrogen) atoms. The molecule has 0 heterocycles. The molecule has 0 aliphatic heterocycles. The molecule has 0 N–H and O–H groups in total. The van der Waals surface area contributed by atoms with Gasteiger partial charge in [0.15, 0.2) is 0 Å². The van der Waals surface area contributed by atoms with Gasteiger partial charge in [0.1, 0.15) is 5.75 Å². The van der Waals surface area contributed by atoms with Gasteiger partial charge in [-0.15, -0.1) is 13.2 Å². The van der Waals surface area contributed by atoms with Gasteiger partial charge in [0.05, 0.1) is 0 Å². The molecule has 0 aromatic heterocycles. The van der Waals surface area contributed by atoms with E-state index in [1.54, 1.807) is 18.2 Å². The molecule has 0 bridgehead atoms. The van der Waals surface area contributed by atoms with Gasteiger partial charge in [0.25, 0.3) is 0 Å². The lowest BCUT2D eigenvalue weighted by molar-refractivity contribution is -0.274. The number of alkyl halides is 3. The molecule has 0 saturated carbocycles. The van der Waals surface area contributed by atoms with Crippen molar-refractivity contribution in [3.05, 3.63) is 51.5 Å². The first kappa shape index (κ1) is 15.3. The standard InChI is InChI=1S/C13H6Cl3F3O/c14-9-5-4-7(20-13(17,18)19)6-8(9)12-10(15)2-1-3-11(12)16/h1-6H. The lowest BCUT2D eigenvalue weighted by atomic mass is 10.1. The fraction of sp³-hybridized carbons (Fsp3) is 0.0769. The topological polar surface area (TPSA) is 9.23 Å². The van der Waals surface area contributed by atoms with E-state index in [-0.39, 0.29) is 20.6 Å². The summed E-state index contributed by atoms with van der Waals surface area (Å²) >= 11 is 18.0. The van der Waals surface area contributed by atoms with E-state index >= 15 is 0 Å². The highest BCUT2D eigenvalue weighted by Gasteiger charge is 2.31. The number of rotatable bonds is 2. The van der Waals surface area contributed by atoms with Crippen LogP contribution in [-0.2, 0) is 0 Å². The Hall–Kier alpha value is -1.10. The van der Waals surface area contributed by atoms with Gasteiger partial charge >= 0.3 is 6.36 Å². The summed E-state index contributed by atoms with van der Waals surface area (Å²) in [6, 6.07) is 8.30. The van der Waals surface area contributed by atoms with Crippen molar-refractivity contribution < 1.29 is 17.9 Å². The van der Waals surface area contributed by atoms with Gasteiger partial charge < -0.3 is 4.74 Å². The maximum atomic E-state index is 12.2. The van der Waals surface area contributed by atoms with E-state index in [2.05, 4.69) is 4.74 Å². The third-order valence-corrected chi connectivity index (χ3v) is 3.36. The Labute approximate surface area is 127 Å². The Bertz CT molecular complexity index is 621. The van der Waals surface area contributed by atoms with Gasteiger partial charge in [0.2, 0.25) is 0 Å². The van der Waals surface area contributed by atoms with Gasteiger partial charge in [-0.2, -0.15) is 0 Å². The minimum atomic E-state index is -4.78. The van der Waals surface area contributed by atoms with E-state index in [1.807, 2.05) is 0 Å². The third-order valence-electron chi connectivity index (χ3n) is 2.40. The fourth-order valence-corrected chi connectivity index (χ4v) is 2.46. The van der Waals surface area contributed by atoms with Crippen LogP contribution in [0.15, 0.2) is 36.4 Å². The summed E-state index contributed by atoms with van der Waals surface area (Å²) in [5.74, 6) is -0.395. The number of hydrogen-bond acceptors (Lipinski definition) is 1. The summed E-state index contributed by atoms with van der Waals surface area (Å²) in [5.41, 5.74) is 0.623. The third kappa shape index (κ3) is 3.51. The monoisotopic (exact) mass is 340 g/mol. The average Bonchev–Trinajstić information content (AvgIpc) is 2.31. The van der Waals surface area contributed by atoms with Crippen LogP contribution in [0.25, 0.3) is 11.1 Å². The molecule has 0 unspecified atom stereocenters. The second kappa shape index (κ2) is 5.72. The van der Waals surface area contributed by atoms with Crippen molar-refractivity contribution in [3.8, 4) is 16.9 Å². The van der Waals surface area contributed by atoms with Gasteiger partial charge in [0, 0.05) is 26.2 Å². The molecule has 0 aliphatic carbocycles. The highest BCUT2D eigenvalue weighted by molar-refractivity contribution is 6.41. The lowest BCUT2D eigenvalue weighted by Crippen LogP contribution is -2.17. The first-order valence-electron chi connectivity index (χ1n) is 5.27. The summed E-state index contributed by atoms with van der Waals surface area (Å²) in [6.45, 7) is 0. The summed E-state index contributed by atoms with van der Waals surface area (Å²) in [5, 5.41) is 0.779. The minimum absolute atomic E-state index is 0.217. The normalized spacial score (nSPS) is 11.5. The predicted octanol–water partition coefficient (Wildman–Crippen LogP) is 6.21. The van der Waals surface area contributed by atoms with Crippen LogP contribution in [0.4, 0.5) is 13.2 Å². The Balaban J connectivity index is 2.54. The summed E-state index contributed by atoms with van der Waals surface area (Å²) in [6.07, 6.45) is -4.78. The largest absolute Gasteiger partial charge is 0.573 e. The predicted molar refractivity (Wildman–Crippen MR) is 73.6 cm³/mol. The molecular formula is C13H6Cl3F3O. The second-order valence-electron chi connectivity index (χ2n) is 3.79. The zero-order valence-electron chi connectivity index (χ0n) is 9.64. The van der Waals surface area contributed by atoms with Gasteiger partial charge in [-0.25, -0.2) is 0 Å². The highest BCUT2D eigenvalue weighted by atomic mass is 35.5. The first-order chi connectivity index (χ1) is 9.28. The van der Waals surface area contributed by atoms with E-state index in [4.69, 9.17) is 34.8 Å². The number of hydrogen-bond donors (Lipinski definition) is 0. The van der Waals surface area contributed by atoms with Crippen LogP contribution >= 0.6 is 34.8 Å². The molecule has 0 spiro atoms. The molecule has 2 aromatic carbocycles. The van der Waals surface area contributed by atoms with E-state index in [9.17, 15) is 13.2 Å². The van der Waals surface area contributed by atoms with Crippen molar-refractivity contribution in [3.63, 3.8) is 0 Å². The van der Waals surface area contributed by atoms with Crippen molar-refractivity contribution >= 4 is 34.8 Å². The van der Waals surface area contributed by atoms with Crippen LogP contribution in [0.1, 0.15) is 0 Å².